The van der Waals surface area contributed by atoms with Crippen LogP contribution in [0.25, 0.3) is 5.69 Å². The number of aromatic nitrogens is 2. The lowest BCUT2D eigenvalue weighted by Crippen LogP contribution is -2.36. The van der Waals surface area contributed by atoms with Gasteiger partial charge in [-0.1, -0.05) is 6.07 Å². The molecule has 120 valence electrons. The molecule has 1 aliphatic rings. The van der Waals surface area contributed by atoms with E-state index in [0.717, 1.165) is 6.42 Å². The van der Waals surface area contributed by atoms with E-state index < -0.39 is 11.7 Å². The summed E-state index contributed by atoms with van der Waals surface area (Å²) in [6, 6.07) is 6.11. The Labute approximate surface area is 132 Å². The molecule has 1 aliphatic heterocycles. The predicted molar refractivity (Wildman–Crippen MR) is 81.7 cm³/mol. The van der Waals surface area contributed by atoms with E-state index in [1.165, 1.54) is 16.8 Å². The molecule has 2 amide bonds. The molecule has 0 atom stereocenters. The average Bonchev–Trinajstić information content (AvgIpc) is 3.19. The molecule has 2 heterocycles. The fourth-order valence-electron chi connectivity index (χ4n) is 2.67. The van der Waals surface area contributed by atoms with Gasteiger partial charge in [0.2, 0.25) is 5.91 Å². The van der Waals surface area contributed by atoms with Crippen molar-refractivity contribution in [3.63, 3.8) is 0 Å². The molecule has 0 aliphatic carbocycles. The molecule has 23 heavy (non-hydrogen) atoms. The Morgan fingerprint density at radius 2 is 2.22 bits per heavy atom. The van der Waals surface area contributed by atoms with E-state index in [-0.39, 0.29) is 18.0 Å². The van der Waals surface area contributed by atoms with Crippen molar-refractivity contribution < 1.29 is 14.0 Å². The molecule has 6 nitrogen and oxygen atoms in total. The largest absolute Gasteiger partial charge is 0.350 e. The highest BCUT2D eigenvalue weighted by molar-refractivity contribution is 5.98. The van der Waals surface area contributed by atoms with Crippen LogP contribution in [0.4, 0.5) is 4.39 Å². The maximum absolute atomic E-state index is 14.1. The zero-order valence-corrected chi connectivity index (χ0v) is 12.5. The van der Waals surface area contributed by atoms with Crippen LogP contribution in [0.1, 0.15) is 23.2 Å². The summed E-state index contributed by atoms with van der Waals surface area (Å²) in [6.07, 6.45) is 4.62. The molecular formula is C16H17FN4O2. The molecule has 7 heteroatoms. The van der Waals surface area contributed by atoms with E-state index in [4.69, 9.17) is 0 Å². The first-order valence-corrected chi connectivity index (χ1v) is 7.51. The molecule has 1 N–H and O–H groups in total. The molecule has 2 aromatic rings. The van der Waals surface area contributed by atoms with Crippen LogP contribution in [-0.2, 0) is 4.79 Å². The number of hydrogen-bond acceptors (Lipinski definition) is 3. The lowest BCUT2D eigenvalue weighted by molar-refractivity contribution is -0.127. The fourth-order valence-corrected chi connectivity index (χ4v) is 2.67. The van der Waals surface area contributed by atoms with Crippen molar-refractivity contribution in [2.24, 2.45) is 0 Å². The minimum absolute atomic E-state index is 0.0519. The predicted octanol–water partition coefficient (Wildman–Crippen LogP) is 1.36. The first kappa shape index (κ1) is 15.2. The van der Waals surface area contributed by atoms with Gasteiger partial charge in [0, 0.05) is 38.4 Å². The van der Waals surface area contributed by atoms with E-state index in [9.17, 15) is 14.0 Å². The van der Waals surface area contributed by atoms with Crippen LogP contribution < -0.4 is 5.32 Å². The maximum Gasteiger partial charge on any atom is 0.256 e. The van der Waals surface area contributed by atoms with Gasteiger partial charge in [-0.15, -0.1) is 0 Å². The lowest BCUT2D eigenvalue weighted by Gasteiger charge is -2.16. The van der Waals surface area contributed by atoms with Gasteiger partial charge < -0.3 is 10.2 Å². The molecule has 1 aromatic carbocycles. The summed E-state index contributed by atoms with van der Waals surface area (Å²) < 4.78 is 15.6. The fraction of sp³-hybridized carbons (Fsp3) is 0.312. The Balaban J connectivity index is 1.71. The third-order valence-electron chi connectivity index (χ3n) is 3.81. The van der Waals surface area contributed by atoms with Gasteiger partial charge in [-0.3, -0.25) is 9.59 Å². The monoisotopic (exact) mass is 316 g/mol. The highest BCUT2D eigenvalue weighted by atomic mass is 19.1. The quantitative estimate of drug-likeness (QED) is 0.906. The van der Waals surface area contributed by atoms with Crippen molar-refractivity contribution in [1.29, 1.82) is 0 Å². The number of nitrogens with one attached hydrogen (secondary N) is 1. The van der Waals surface area contributed by atoms with E-state index in [1.54, 1.807) is 29.4 Å². The maximum atomic E-state index is 14.1. The van der Waals surface area contributed by atoms with Crippen molar-refractivity contribution in [1.82, 2.24) is 20.0 Å². The summed E-state index contributed by atoms with van der Waals surface area (Å²) >= 11 is 0. The van der Waals surface area contributed by atoms with Crippen LogP contribution in [0, 0.1) is 5.82 Å². The Hall–Kier alpha value is -2.70. The topological polar surface area (TPSA) is 67.2 Å². The molecule has 3 rings (SSSR count). The van der Waals surface area contributed by atoms with E-state index in [0.29, 0.717) is 25.2 Å². The van der Waals surface area contributed by atoms with Gasteiger partial charge in [0.15, 0.2) is 0 Å². The second-order valence-electron chi connectivity index (χ2n) is 5.32. The van der Waals surface area contributed by atoms with Crippen molar-refractivity contribution in [3.8, 4) is 5.69 Å². The summed E-state index contributed by atoms with van der Waals surface area (Å²) in [6.45, 7) is 1.44. The van der Waals surface area contributed by atoms with Crippen LogP contribution in [0.2, 0.25) is 0 Å². The highest BCUT2D eigenvalue weighted by Crippen LogP contribution is 2.17. The van der Waals surface area contributed by atoms with Crippen LogP contribution in [0.15, 0.2) is 36.7 Å². The number of hydrogen-bond donors (Lipinski definition) is 1. The molecule has 1 aromatic heterocycles. The second kappa shape index (κ2) is 6.60. The average molecular weight is 316 g/mol. The summed E-state index contributed by atoms with van der Waals surface area (Å²) in [5.74, 6) is -1.02. The molecule has 1 fully saturated rings. The van der Waals surface area contributed by atoms with Crippen LogP contribution >= 0.6 is 0 Å². The van der Waals surface area contributed by atoms with Crippen molar-refractivity contribution in [3.05, 3.63) is 48.0 Å². The SMILES string of the molecule is O=C(NCCN1CCCC1=O)c1c(F)cccc1-n1cccn1. The van der Waals surface area contributed by atoms with Gasteiger partial charge in [0.1, 0.15) is 11.4 Å². The first-order valence-electron chi connectivity index (χ1n) is 7.51. The summed E-state index contributed by atoms with van der Waals surface area (Å²) in [7, 11) is 0. The summed E-state index contributed by atoms with van der Waals surface area (Å²) in [4.78, 5) is 25.6. The van der Waals surface area contributed by atoms with Gasteiger partial charge in [-0.05, 0) is 24.6 Å². The second-order valence-corrected chi connectivity index (χ2v) is 5.32. The van der Waals surface area contributed by atoms with Crippen LogP contribution in [-0.4, -0.2) is 46.1 Å². The normalized spacial score (nSPS) is 14.3. The van der Waals surface area contributed by atoms with Crippen molar-refractivity contribution in [2.45, 2.75) is 12.8 Å². The molecular weight excluding hydrogens is 299 g/mol. The van der Waals surface area contributed by atoms with E-state index >= 15 is 0 Å². The van der Waals surface area contributed by atoms with Gasteiger partial charge in [0.25, 0.3) is 5.91 Å². The van der Waals surface area contributed by atoms with Crippen LogP contribution in [0.3, 0.4) is 0 Å². The molecule has 0 bridgehead atoms. The smallest absolute Gasteiger partial charge is 0.256 e. The van der Waals surface area contributed by atoms with Gasteiger partial charge >= 0.3 is 0 Å². The van der Waals surface area contributed by atoms with Crippen molar-refractivity contribution >= 4 is 11.8 Å². The number of halogens is 1. The first-order chi connectivity index (χ1) is 11.2. The molecule has 0 saturated carbocycles. The Morgan fingerprint density at radius 1 is 1.35 bits per heavy atom. The third-order valence-corrected chi connectivity index (χ3v) is 3.81. The van der Waals surface area contributed by atoms with Gasteiger partial charge in [-0.25, -0.2) is 9.07 Å². The molecule has 0 radical (unpaired) electrons. The molecule has 0 spiro atoms. The Bertz CT molecular complexity index is 715. The van der Waals surface area contributed by atoms with E-state index in [2.05, 4.69) is 10.4 Å². The minimum Gasteiger partial charge on any atom is -0.350 e. The molecule has 0 unspecified atom stereocenters. The number of amides is 2. The zero-order chi connectivity index (χ0) is 16.2. The number of rotatable bonds is 5. The standard InChI is InChI=1S/C16H17FN4O2/c17-12-4-1-5-13(21-10-3-7-19-21)15(12)16(23)18-8-11-20-9-2-6-14(20)22/h1,3-5,7,10H,2,6,8-9,11H2,(H,18,23). The number of benzene rings is 1. The Morgan fingerprint density at radius 3 is 2.91 bits per heavy atom. The van der Waals surface area contributed by atoms with Gasteiger partial charge in [-0.2, -0.15) is 5.10 Å². The zero-order valence-electron chi connectivity index (χ0n) is 12.5. The lowest BCUT2D eigenvalue weighted by atomic mass is 10.1. The van der Waals surface area contributed by atoms with E-state index in [1.807, 2.05) is 0 Å². The third kappa shape index (κ3) is 3.23. The number of likely N-dealkylation sites (tertiary alicyclic amines) is 1. The highest BCUT2D eigenvalue weighted by Gasteiger charge is 2.21. The summed E-state index contributed by atoms with van der Waals surface area (Å²) in [5.41, 5.74) is 0.327. The Kier molecular flexibility index (Phi) is 4.36. The minimum atomic E-state index is -0.604. The van der Waals surface area contributed by atoms with Crippen LogP contribution in [0.5, 0.6) is 0 Å². The van der Waals surface area contributed by atoms with Gasteiger partial charge in [0.05, 0.1) is 5.69 Å². The summed E-state index contributed by atoms with van der Waals surface area (Å²) in [5, 5.41) is 6.72. The number of nitrogens with zero attached hydrogens (tertiary/aromatic N) is 3. The number of carbonyl (C=O) groups is 2. The molecule has 1 saturated heterocycles. The number of carbonyl (C=O) groups excluding carboxylic acids is 2. The van der Waals surface area contributed by atoms with Crippen molar-refractivity contribution in [2.75, 3.05) is 19.6 Å².